The first-order chi connectivity index (χ1) is 41.4. The van der Waals surface area contributed by atoms with E-state index in [2.05, 4.69) is 253 Å². The lowest BCUT2D eigenvalue weighted by atomic mass is 9.85. The summed E-state index contributed by atoms with van der Waals surface area (Å²) in [7, 11) is 0. The van der Waals surface area contributed by atoms with Gasteiger partial charge < -0.3 is 18.9 Å². The molecule has 0 unspecified atom stereocenters. The summed E-state index contributed by atoms with van der Waals surface area (Å²) in [4.78, 5) is 5.45. The van der Waals surface area contributed by atoms with Crippen molar-refractivity contribution in [3.63, 3.8) is 0 Å². The molecular formula is C80H70N4. The Morgan fingerprint density at radius 3 is 1.18 bits per heavy atom. The number of hydrogen-bond donors (Lipinski definition) is 0. The van der Waals surface area contributed by atoms with Crippen LogP contribution in [0.1, 0.15) is 96.9 Å². The molecule has 2 aromatic heterocycles. The van der Waals surface area contributed by atoms with Crippen LogP contribution < -0.4 is 9.80 Å². The van der Waals surface area contributed by atoms with Crippen molar-refractivity contribution in [2.24, 2.45) is 0 Å². The van der Waals surface area contributed by atoms with Crippen molar-refractivity contribution >= 4 is 110 Å². The largest absolute Gasteiger partial charge is 0.307 e. The number of anilines is 6. The molecule has 0 fully saturated rings. The third-order valence-corrected chi connectivity index (χ3v) is 19.1. The Labute approximate surface area is 493 Å². The van der Waals surface area contributed by atoms with E-state index in [-0.39, 0.29) is 0 Å². The second-order valence-corrected chi connectivity index (χ2v) is 24.3. The zero-order valence-corrected chi connectivity index (χ0v) is 48.9. The predicted octanol–water partition coefficient (Wildman–Crippen LogP) is 22.0. The molecule has 0 saturated carbocycles. The van der Waals surface area contributed by atoms with Gasteiger partial charge in [-0.15, -0.1) is 0 Å². The van der Waals surface area contributed by atoms with Crippen LogP contribution in [0.15, 0.2) is 206 Å². The normalized spacial score (nSPS) is 13.5. The Hall–Kier alpha value is -9.12. The summed E-state index contributed by atoms with van der Waals surface area (Å²) in [5.41, 5.74) is 26.0. The maximum Gasteiger partial charge on any atom is 0.0782 e. The zero-order valence-electron chi connectivity index (χ0n) is 48.9. The first-order valence-electron chi connectivity index (χ1n) is 31.2. The van der Waals surface area contributed by atoms with Crippen LogP contribution in [-0.2, 0) is 38.5 Å². The van der Waals surface area contributed by atoms with Gasteiger partial charge in [0.05, 0.1) is 44.8 Å². The molecule has 410 valence electrons. The van der Waals surface area contributed by atoms with E-state index in [0.717, 1.165) is 51.4 Å². The van der Waals surface area contributed by atoms with Gasteiger partial charge in [-0.1, -0.05) is 160 Å². The van der Waals surface area contributed by atoms with E-state index >= 15 is 0 Å². The molecule has 0 amide bonds. The van der Waals surface area contributed by atoms with Crippen molar-refractivity contribution < 1.29 is 0 Å². The van der Waals surface area contributed by atoms with E-state index in [1.54, 1.807) is 0 Å². The molecule has 0 spiro atoms. The average molecular weight is 1090 g/mol. The quantitative estimate of drug-likeness (QED) is 0.113. The van der Waals surface area contributed by atoms with Crippen LogP contribution in [0, 0.1) is 13.8 Å². The smallest absolute Gasteiger partial charge is 0.0782 e. The number of rotatable bonds is 12. The molecule has 0 saturated heterocycles. The van der Waals surface area contributed by atoms with E-state index in [9.17, 15) is 0 Å². The van der Waals surface area contributed by atoms with Gasteiger partial charge in [-0.2, -0.15) is 0 Å². The fourth-order valence-corrected chi connectivity index (χ4v) is 15.6. The van der Waals surface area contributed by atoms with Gasteiger partial charge in [-0.3, -0.25) is 0 Å². The van der Waals surface area contributed by atoms with Crippen molar-refractivity contribution in [3.8, 4) is 11.4 Å². The van der Waals surface area contributed by atoms with Crippen LogP contribution in [0.3, 0.4) is 0 Å². The summed E-state index contributed by atoms with van der Waals surface area (Å²) in [6.07, 6.45) is 13.2. The van der Waals surface area contributed by atoms with E-state index in [0.29, 0.717) is 0 Å². The molecule has 84 heavy (non-hydrogen) atoms. The number of nitrogens with zero attached hydrogens (tertiary/aromatic N) is 4. The minimum absolute atomic E-state index is 0.970. The third-order valence-electron chi connectivity index (χ3n) is 19.1. The molecule has 0 aliphatic heterocycles. The van der Waals surface area contributed by atoms with E-state index in [4.69, 9.17) is 0 Å². The first-order valence-corrected chi connectivity index (χ1v) is 31.2. The number of aryl methyl sites for hydroxylation is 6. The molecule has 4 heteroatoms. The second-order valence-electron chi connectivity index (χ2n) is 24.3. The Balaban J connectivity index is 1.04. The third kappa shape index (κ3) is 7.86. The van der Waals surface area contributed by atoms with Crippen LogP contribution in [0.5, 0.6) is 0 Å². The van der Waals surface area contributed by atoms with Gasteiger partial charge in [0.1, 0.15) is 0 Å². The highest BCUT2D eigenvalue weighted by Crippen LogP contribution is 2.54. The molecule has 0 N–H and O–H groups in total. The van der Waals surface area contributed by atoms with Gasteiger partial charge in [-0.25, -0.2) is 0 Å². The standard InChI is InChI=1S/C80H70N4/c1-5-21-55-49-75(83(69-39-17-27-53-25-7-9-31-59(53)69)73-41-19-35-65-63-33-11-13-37-71(63)81(79(65)73)57-29-15-23-51(3)47-57)67-46-44-62-56(22-6-2)50-76(68-45-43-61(55)77(67)78(62)68)84(70-40-18-28-54-26-8-10-32-60(54)70)74-42-20-36-66-64-34-12-14-38-72(64)82(80(66)74)58-30-16-24-52(4)48-58/h11-20,23-24,27-30,33-50H,5-10,21-22,25-26,31-32H2,1-4H3. The molecule has 0 radical (unpaired) electrons. The van der Waals surface area contributed by atoms with Crippen LogP contribution >= 0.6 is 0 Å². The lowest BCUT2D eigenvalue weighted by Gasteiger charge is -2.34. The summed E-state index contributed by atoms with van der Waals surface area (Å²) < 4.78 is 5.11. The van der Waals surface area contributed by atoms with E-state index < -0.39 is 0 Å². The van der Waals surface area contributed by atoms with Crippen molar-refractivity contribution in [2.75, 3.05) is 9.80 Å². The highest BCUT2D eigenvalue weighted by molar-refractivity contribution is 6.30. The highest BCUT2D eigenvalue weighted by Gasteiger charge is 2.31. The summed E-state index contributed by atoms with van der Waals surface area (Å²) in [6, 6.07) is 80.0. The molecule has 14 aromatic rings. The molecular weight excluding hydrogens is 1020 g/mol. The highest BCUT2D eigenvalue weighted by atomic mass is 15.2. The fourth-order valence-electron chi connectivity index (χ4n) is 15.6. The predicted molar refractivity (Wildman–Crippen MR) is 359 cm³/mol. The molecule has 0 bridgehead atoms. The summed E-state index contributed by atoms with van der Waals surface area (Å²) in [5, 5.41) is 13.1. The second kappa shape index (κ2) is 20.3. The number of hydrogen-bond acceptors (Lipinski definition) is 2. The molecule has 12 aromatic carbocycles. The van der Waals surface area contributed by atoms with Gasteiger partial charge in [0.2, 0.25) is 0 Å². The number of benzene rings is 12. The Bertz CT molecular complexity index is 4620. The minimum atomic E-state index is 0.970. The maximum absolute atomic E-state index is 2.73. The summed E-state index contributed by atoms with van der Waals surface area (Å²) in [6.45, 7) is 9.15. The van der Waals surface area contributed by atoms with Gasteiger partial charge in [0.15, 0.2) is 0 Å². The van der Waals surface area contributed by atoms with Crippen LogP contribution in [-0.4, -0.2) is 9.13 Å². The molecule has 2 heterocycles. The van der Waals surface area contributed by atoms with E-state index in [1.165, 1.54) is 192 Å². The van der Waals surface area contributed by atoms with Crippen molar-refractivity contribution in [2.45, 2.75) is 105 Å². The average Bonchev–Trinajstić information content (AvgIpc) is 1.03. The van der Waals surface area contributed by atoms with Gasteiger partial charge >= 0.3 is 0 Å². The Kier molecular flexibility index (Phi) is 12.3. The fraction of sp³-hybridized carbons (Fsp3) is 0.200. The maximum atomic E-state index is 2.73. The van der Waals surface area contributed by atoms with Crippen LogP contribution in [0.4, 0.5) is 34.1 Å². The summed E-state index contributed by atoms with van der Waals surface area (Å²) in [5.74, 6) is 0. The number of para-hydroxylation sites is 4. The first kappa shape index (κ1) is 50.6. The van der Waals surface area contributed by atoms with E-state index in [1.807, 2.05) is 0 Å². The van der Waals surface area contributed by atoms with Crippen molar-refractivity contribution in [1.82, 2.24) is 9.13 Å². The Morgan fingerprint density at radius 2 is 0.726 bits per heavy atom. The molecule has 0 atom stereocenters. The van der Waals surface area contributed by atoms with Gasteiger partial charge in [-0.05, 0) is 217 Å². The zero-order chi connectivity index (χ0) is 56.2. The monoisotopic (exact) mass is 1090 g/mol. The summed E-state index contributed by atoms with van der Waals surface area (Å²) >= 11 is 0. The molecule has 2 aliphatic carbocycles. The van der Waals surface area contributed by atoms with Crippen molar-refractivity contribution in [1.29, 1.82) is 0 Å². The number of fused-ring (bicyclic) bond motifs is 8. The molecule has 4 nitrogen and oxygen atoms in total. The topological polar surface area (TPSA) is 16.3 Å². The minimum Gasteiger partial charge on any atom is -0.307 e. The lowest BCUT2D eigenvalue weighted by Crippen LogP contribution is -2.17. The number of aromatic nitrogens is 2. The lowest BCUT2D eigenvalue weighted by molar-refractivity contribution is 0.686. The van der Waals surface area contributed by atoms with Gasteiger partial charge in [0, 0.05) is 55.1 Å². The molecule has 2 aliphatic rings. The van der Waals surface area contributed by atoms with Crippen LogP contribution in [0.25, 0.3) is 87.3 Å². The Morgan fingerprint density at radius 1 is 0.333 bits per heavy atom. The van der Waals surface area contributed by atoms with Gasteiger partial charge in [0.25, 0.3) is 0 Å². The van der Waals surface area contributed by atoms with Crippen LogP contribution in [0.2, 0.25) is 0 Å². The molecule has 16 rings (SSSR count). The SMILES string of the molecule is CCCc1cc(N(c2cccc3c2CCCC3)c2cccc3c4ccccc4n(-c4cccc(C)c4)c23)c2ccc3c(CCC)cc(N(c4cccc5c4CCCC5)c4cccc5c6ccccc6n(-c6cccc(C)c6)c45)c4ccc1c2c34. The van der Waals surface area contributed by atoms with Crippen molar-refractivity contribution in [3.05, 3.63) is 251 Å².